The molecule has 6 heteroatoms. The maximum atomic E-state index is 12.8. The van der Waals surface area contributed by atoms with Crippen LogP contribution in [0.1, 0.15) is 265 Å². The van der Waals surface area contributed by atoms with E-state index >= 15 is 0 Å². The third-order valence-electron chi connectivity index (χ3n) is 11.9. The molecule has 0 bridgehead atoms. The van der Waals surface area contributed by atoms with E-state index in [4.69, 9.17) is 14.2 Å². The van der Waals surface area contributed by atoms with Crippen molar-refractivity contribution in [1.82, 2.24) is 0 Å². The molecule has 0 aliphatic carbocycles. The highest BCUT2D eigenvalue weighted by molar-refractivity contribution is 5.71. The molecular weight excluding hydrogens is 829 g/mol. The van der Waals surface area contributed by atoms with Crippen LogP contribution < -0.4 is 0 Å². The zero-order valence-electron chi connectivity index (χ0n) is 43.9. The van der Waals surface area contributed by atoms with E-state index in [0.717, 1.165) is 128 Å². The van der Waals surface area contributed by atoms with Crippen molar-refractivity contribution in [3.8, 4) is 0 Å². The van der Waals surface area contributed by atoms with Crippen molar-refractivity contribution < 1.29 is 28.6 Å². The second-order valence-electron chi connectivity index (χ2n) is 18.5. The van der Waals surface area contributed by atoms with Gasteiger partial charge in [-0.15, -0.1) is 0 Å². The Bertz CT molecular complexity index is 1300. The molecule has 0 aromatic heterocycles. The molecule has 0 amide bonds. The second-order valence-corrected chi connectivity index (χ2v) is 18.5. The highest BCUT2D eigenvalue weighted by atomic mass is 16.6. The lowest BCUT2D eigenvalue weighted by atomic mass is 10.1. The zero-order valence-corrected chi connectivity index (χ0v) is 43.9. The van der Waals surface area contributed by atoms with Crippen LogP contribution in [0.2, 0.25) is 0 Å². The molecule has 0 heterocycles. The van der Waals surface area contributed by atoms with E-state index in [2.05, 4.69) is 106 Å². The average molecular weight is 933 g/mol. The first-order valence-corrected chi connectivity index (χ1v) is 28.1. The fourth-order valence-electron chi connectivity index (χ4n) is 7.63. The third kappa shape index (κ3) is 53.4. The van der Waals surface area contributed by atoms with Gasteiger partial charge >= 0.3 is 17.9 Å². The summed E-state index contributed by atoms with van der Waals surface area (Å²) >= 11 is 0. The summed E-state index contributed by atoms with van der Waals surface area (Å²) in [5, 5.41) is 0. The lowest BCUT2D eigenvalue weighted by Gasteiger charge is -2.18. The van der Waals surface area contributed by atoms with Crippen LogP contribution in [0.5, 0.6) is 0 Å². The number of allylic oxidation sites excluding steroid dienone is 14. The first-order valence-electron chi connectivity index (χ1n) is 28.1. The summed E-state index contributed by atoms with van der Waals surface area (Å²) in [5.41, 5.74) is 0. The van der Waals surface area contributed by atoms with Gasteiger partial charge in [-0.3, -0.25) is 14.4 Å². The van der Waals surface area contributed by atoms with Crippen molar-refractivity contribution in [2.24, 2.45) is 0 Å². The average Bonchev–Trinajstić information content (AvgIpc) is 3.33. The van der Waals surface area contributed by atoms with Gasteiger partial charge in [0.05, 0.1) is 0 Å². The lowest BCUT2D eigenvalue weighted by molar-refractivity contribution is -0.167. The SMILES string of the molecule is CC/C=C\C/C=C\C/C=C\CCCCCCCC(=O)O[C@H](COC(=O)CCCCCCC/C=C\C/C=C\CCCCC)COC(=O)CCCCCCCCCCC/C=C\C/C=C\CCCCC. The van der Waals surface area contributed by atoms with Crippen molar-refractivity contribution in [2.75, 3.05) is 13.2 Å². The van der Waals surface area contributed by atoms with E-state index in [1.54, 1.807) is 0 Å². The molecule has 0 spiro atoms. The Kier molecular flexibility index (Phi) is 52.4. The smallest absolute Gasteiger partial charge is 0.306 e. The molecule has 0 radical (unpaired) electrons. The summed E-state index contributed by atoms with van der Waals surface area (Å²) in [6.45, 7) is 6.46. The van der Waals surface area contributed by atoms with Crippen LogP contribution in [0.3, 0.4) is 0 Å². The molecule has 0 aliphatic heterocycles. The van der Waals surface area contributed by atoms with Gasteiger partial charge < -0.3 is 14.2 Å². The summed E-state index contributed by atoms with van der Waals surface area (Å²) < 4.78 is 16.8. The largest absolute Gasteiger partial charge is 0.462 e. The molecular formula is C61H104O6. The number of hydrogen-bond donors (Lipinski definition) is 0. The van der Waals surface area contributed by atoms with Gasteiger partial charge in [0.25, 0.3) is 0 Å². The summed E-state index contributed by atoms with van der Waals surface area (Å²) in [7, 11) is 0. The molecule has 0 aromatic rings. The van der Waals surface area contributed by atoms with Gasteiger partial charge in [0, 0.05) is 19.3 Å². The molecule has 0 rings (SSSR count). The van der Waals surface area contributed by atoms with Gasteiger partial charge in [-0.1, -0.05) is 215 Å². The molecule has 0 saturated carbocycles. The minimum Gasteiger partial charge on any atom is -0.462 e. The van der Waals surface area contributed by atoms with Crippen LogP contribution in [0, 0.1) is 0 Å². The standard InChI is InChI=1S/C61H104O6/c1-4-7-10-13-16-19-22-25-28-29-30-31-34-36-39-42-45-48-51-54-60(63)66-57-58(67-61(64)55-52-49-46-43-40-37-33-27-24-21-18-15-12-9-6-3)56-65-59(62)53-50-47-44-41-38-35-32-26-23-20-17-14-11-8-5-2/h9,12,16-21,25-28,32-33,58H,4-8,10-11,13-15,22-24,29-31,34-57H2,1-3H3/b12-9-,19-16-,20-17-,21-18-,28-25-,32-26-,33-27-/t58-/m1/s1. The van der Waals surface area contributed by atoms with E-state index in [0.29, 0.717) is 19.3 Å². The predicted octanol–water partition coefficient (Wildman–Crippen LogP) is 18.8. The normalized spacial score (nSPS) is 12.7. The predicted molar refractivity (Wildman–Crippen MR) is 288 cm³/mol. The lowest BCUT2D eigenvalue weighted by Crippen LogP contribution is -2.30. The quantitative estimate of drug-likeness (QED) is 0.0262. The Hall–Kier alpha value is -3.41. The van der Waals surface area contributed by atoms with Crippen molar-refractivity contribution in [1.29, 1.82) is 0 Å². The number of ether oxygens (including phenoxy) is 3. The number of carbonyl (C=O) groups excluding carboxylic acids is 3. The molecule has 384 valence electrons. The Labute approximate surface area is 414 Å². The van der Waals surface area contributed by atoms with Crippen molar-refractivity contribution in [2.45, 2.75) is 271 Å². The summed E-state index contributed by atoms with van der Waals surface area (Å²) in [5.74, 6) is -0.922. The first-order chi connectivity index (χ1) is 33.0. The van der Waals surface area contributed by atoms with Gasteiger partial charge in [-0.25, -0.2) is 0 Å². The topological polar surface area (TPSA) is 78.9 Å². The molecule has 67 heavy (non-hydrogen) atoms. The van der Waals surface area contributed by atoms with Crippen molar-refractivity contribution in [3.63, 3.8) is 0 Å². The minimum absolute atomic E-state index is 0.0906. The maximum absolute atomic E-state index is 12.8. The summed E-state index contributed by atoms with van der Waals surface area (Å²) in [6, 6.07) is 0. The van der Waals surface area contributed by atoms with Gasteiger partial charge in [0.15, 0.2) is 6.10 Å². The molecule has 0 saturated heterocycles. The van der Waals surface area contributed by atoms with Gasteiger partial charge in [-0.05, 0) is 116 Å². The Balaban J connectivity index is 4.42. The fourth-order valence-corrected chi connectivity index (χ4v) is 7.63. The highest BCUT2D eigenvalue weighted by Gasteiger charge is 2.19. The summed E-state index contributed by atoms with van der Waals surface area (Å²) in [4.78, 5) is 38.1. The molecule has 6 nitrogen and oxygen atoms in total. The molecule has 0 N–H and O–H groups in total. The Morgan fingerprint density at radius 3 is 0.910 bits per heavy atom. The fraction of sp³-hybridized carbons (Fsp3) is 0.721. The van der Waals surface area contributed by atoms with Crippen LogP contribution in [-0.4, -0.2) is 37.2 Å². The Morgan fingerprint density at radius 2 is 0.582 bits per heavy atom. The van der Waals surface area contributed by atoms with Gasteiger partial charge in [0.2, 0.25) is 0 Å². The van der Waals surface area contributed by atoms with Crippen molar-refractivity contribution >= 4 is 17.9 Å². The van der Waals surface area contributed by atoms with Crippen LogP contribution in [0.4, 0.5) is 0 Å². The monoisotopic (exact) mass is 933 g/mol. The number of rotatable bonds is 50. The summed E-state index contributed by atoms with van der Waals surface area (Å²) in [6.07, 6.45) is 71.3. The van der Waals surface area contributed by atoms with E-state index in [9.17, 15) is 14.4 Å². The van der Waals surface area contributed by atoms with Crippen LogP contribution >= 0.6 is 0 Å². The number of esters is 3. The highest BCUT2D eigenvalue weighted by Crippen LogP contribution is 2.14. The zero-order chi connectivity index (χ0) is 48.6. The molecule has 0 fully saturated rings. The molecule has 0 unspecified atom stereocenters. The van der Waals surface area contributed by atoms with E-state index in [1.807, 2.05) is 0 Å². The number of hydrogen-bond acceptors (Lipinski definition) is 6. The second kappa shape index (κ2) is 55.2. The number of unbranched alkanes of at least 4 members (excludes halogenated alkanes) is 25. The van der Waals surface area contributed by atoms with Crippen LogP contribution in [-0.2, 0) is 28.6 Å². The Morgan fingerprint density at radius 1 is 0.313 bits per heavy atom. The third-order valence-corrected chi connectivity index (χ3v) is 11.9. The van der Waals surface area contributed by atoms with E-state index < -0.39 is 6.10 Å². The molecule has 0 aliphatic rings. The maximum Gasteiger partial charge on any atom is 0.306 e. The van der Waals surface area contributed by atoms with Gasteiger partial charge in [-0.2, -0.15) is 0 Å². The van der Waals surface area contributed by atoms with Crippen molar-refractivity contribution in [3.05, 3.63) is 85.1 Å². The number of carbonyl (C=O) groups is 3. The minimum atomic E-state index is -0.794. The molecule has 0 aromatic carbocycles. The van der Waals surface area contributed by atoms with E-state index in [1.165, 1.54) is 96.3 Å². The first kappa shape index (κ1) is 63.6. The van der Waals surface area contributed by atoms with Gasteiger partial charge in [0.1, 0.15) is 13.2 Å². The van der Waals surface area contributed by atoms with Crippen LogP contribution in [0.25, 0.3) is 0 Å². The van der Waals surface area contributed by atoms with Crippen LogP contribution in [0.15, 0.2) is 85.1 Å². The molecule has 1 atom stereocenters. The van der Waals surface area contributed by atoms with E-state index in [-0.39, 0.29) is 31.1 Å².